The van der Waals surface area contributed by atoms with E-state index < -0.39 is 0 Å². The van der Waals surface area contributed by atoms with Crippen molar-refractivity contribution in [2.24, 2.45) is 0 Å². The van der Waals surface area contributed by atoms with Crippen LogP contribution in [0.1, 0.15) is 11.1 Å². The second kappa shape index (κ2) is 4.11. The summed E-state index contributed by atoms with van der Waals surface area (Å²) in [6.07, 6.45) is 4.01. The SMILES string of the molecule is O=CC1=Cc2ccccc2C=C(CO)O1. The van der Waals surface area contributed by atoms with Crippen LogP contribution >= 0.6 is 0 Å². The van der Waals surface area contributed by atoms with Gasteiger partial charge in [0.15, 0.2) is 12.0 Å². The average molecular weight is 202 g/mol. The highest BCUT2D eigenvalue weighted by atomic mass is 16.5. The van der Waals surface area contributed by atoms with E-state index in [0.717, 1.165) is 11.1 Å². The first-order chi connectivity index (χ1) is 7.33. The summed E-state index contributed by atoms with van der Waals surface area (Å²) in [4.78, 5) is 10.7. The smallest absolute Gasteiger partial charge is 0.185 e. The van der Waals surface area contributed by atoms with E-state index in [0.29, 0.717) is 12.0 Å². The minimum atomic E-state index is -0.223. The van der Waals surface area contributed by atoms with Crippen LogP contribution < -0.4 is 0 Å². The normalized spacial score (nSPS) is 14.2. The lowest BCUT2D eigenvalue weighted by atomic mass is 10.1. The number of aliphatic hydroxyl groups excluding tert-OH is 1. The zero-order valence-corrected chi connectivity index (χ0v) is 8.01. The molecule has 0 unspecified atom stereocenters. The molecular formula is C12H10O3. The van der Waals surface area contributed by atoms with Crippen LogP contribution in [-0.4, -0.2) is 18.0 Å². The molecule has 1 heterocycles. The predicted octanol–water partition coefficient (Wildman–Crippen LogP) is 1.59. The Bertz CT molecular complexity index is 444. The average Bonchev–Trinajstić information content (AvgIpc) is 2.47. The molecule has 3 nitrogen and oxygen atoms in total. The lowest BCUT2D eigenvalue weighted by Crippen LogP contribution is -1.96. The van der Waals surface area contributed by atoms with Crippen molar-refractivity contribution in [3.8, 4) is 0 Å². The number of carbonyl (C=O) groups is 1. The molecule has 1 aliphatic rings. The zero-order valence-electron chi connectivity index (χ0n) is 8.01. The number of aliphatic hydroxyl groups is 1. The van der Waals surface area contributed by atoms with Crippen molar-refractivity contribution in [3.63, 3.8) is 0 Å². The van der Waals surface area contributed by atoms with E-state index >= 15 is 0 Å². The quantitative estimate of drug-likeness (QED) is 0.741. The fourth-order valence-corrected chi connectivity index (χ4v) is 1.45. The van der Waals surface area contributed by atoms with Gasteiger partial charge in [0.2, 0.25) is 0 Å². The molecular weight excluding hydrogens is 192 g/mol. The van der Waals surface area contributed by atoms with Gasteiger partial charge in [0.25, 0.3) is 0 Å². The molecule has 0 bridgehead atoms. The molecule has 1 aromatic rings. The van der Waals surface area contributed by atoms with E-state index in [-0.39, 0.29) is 12.4 Å². The van der Waals surface area contributed by atoms with E-state index in [1.54, 1.807) is 12.2 Å². The number of aldehydes is 1. The lowest BCUT2D eigenvalue weighted by Gasteiger charge is -2.03. The van der Waals surface area contributed by atoms with Crippen molar-refractivity contribution >= 4 is 18.4 Å². The molecule has 0 aliphatic carbocycles. The highest BCUT2D eigenvalue weighted by molar-refractivity contribution is 5.82. The molecule has 0 fully saturated rings. The summed E-state index contributed by atoms with van der Waals surface area (Å²) >= 11 is 0. The summed E-state index contributed by atoms with van der Waals surface area (Å²) in [5.41, 5.74) is 1.83. The van der Waals surface area contributed by atoms with Gasteiger partial charge >= 0.3 is 0 Å². The van der Waals surface area contributed by atoms with E-state index in [2.05, 4.69) is 0 Å². The minimum absolute atomic E-state index is 0.209. The summed E-state index contributed by atoms with van der Waals surface area (Å²) in [5, 5.41) is 9.02. The van der Waals surface area contributed by atoms with Crippen molar-refractivity contribution in [1.82, 2.24) is 0 Å². The highest BCUT2D eigenvalue weighted by Crippen LogP contribution is 2.22. The molecule has 3 heteroatoms. The number of ether oxygens (including phenoxy) is 1. The number of allylic oxidation sites excluding steroid dienone is 1. The van der Waals surface area contributed by atoms with Crippen molar-refractivity contribution < 1.29 is 14.6 Å². The van der Waals surface area contributed by atoms with Crippen LogP contribution in [0.3, 0.4) is 0 Å². The third-order valence-corrected chi connectivity index (χ3v) is 2.13. The second-order valence-corrected chi connectivity index (χ2v) is 3.16. The topological polar surface area (TPSA) is 46.5 Å². The standard InChI is InChI=1S/C12H10O3/c13-7-11-5-9-3-1-2-4-10(9)6-12(8-14)15-11/h1-7,14H,8H2. The van der Waals surface area contributed by atoms with Crippen molar-refractivity contribution in [3.05, 3.63) is 46.9 Å². The van der Waals surface area contributed by atoms with Gasteiger partial charge in [0.1, 0.15) is 12.4 Å². The van der Waals surface area contributed by atoms with Gasteiger partial charge < -0.3 is 9.84 Å². The van der Waals surface area contributed by atoms with E-state index in [9.17, 15) is 4.79 Å². The minimum Gasteiger partial charge on any atom is -0.456 e. The maximum Gasteiger partial charge on any atom is 0.185 e. The molecule has 1 aromatic carbocycles. The maximum atomic E-state index is 10.7. The first kappa shape index (κ1) is 9.68. The Hall–Kier alpha value is -1.87. The molecule has 1 aliphatic heterocycles. The van der Waals surface area contributed by atoms with Crippen LogP contribution in [0.25, 0.3) is 12.2 Å². The Morgan fingerprint density at radius 2 is 1.87 bits per heavy atom. The summed E-state index contributed by atoms with van der Waals surface area (Å²) < 4.78 is 5.20. The third kappa shape index (κ3) is 1.97. The van der Waals surface area contributed by atoms with Gasteiger partial charge in [0.05, 0.1) is 0 Å². The van der Waals surface area contributed by atoms with E-state index in [4.69, 9.17) is 9.84 Å². The fourth-order valence-electron chi connectivity index (χ4n) is 1.45. The monoisotopic (exact) mass is 202 g/mol. The molecule has 15 heavy (non-hydrogen) atoms. The van der Waals surface area contributed by atoms with E-state index in [1.165, 1.54) is 0 Å². The molecule has 0 atom stereocenters. The molecule has 1 N–H and O–H groups in total. The Morgan fingerprint density at radius 1 is 1.20 bits per heavy atom. The predicted molar refractivity (Wildman–Crippen MR) is 56.6 cm³/mol. The molecule has 0 radical (unpaired) electrons. The Kier molecular flexibility index (Phi) is 2.65. The molecule has 0 aromatic heterocycles. The van der Waals surface area contributed by atoms with Crippen LogP contribution in [0.2, 0.25) is 0 Å². The molecule has 0 saturated carbocycles. The third-order valence-electron chi connectivity index (χ3n) is 2.13. The van der Waals surface area contributed by atoms with Crippen molar-refractivity contribution in [2.75, 3.05) is 6.61 Å². The Morgan fingerprint density at radius 3 is 2.47 bits per heavy atom. The lowest BCUT2D eigenvalue weighted by molar-refractivity contribution is -0.107. The largest absolute Gasteiger partial charge is 0.456 e. The summed E-state index contributed by atoms with van der Waals surface area (Å²) in [6, 6.07) is 7.57. The van der Waals surface area contributed by atoms with Gasteiger partial charge in [-0.25, -0.2) is 0 Å². The van der Waals surface area contributed by atoms with Crippen LogP contribution in [0, 0.1) is 0 Å². The van der Waals surface area contributed by atoms with Crippen LogP contribution in [-0.2, 0) is 9.53 Å². The molecule has 0 amide bonds. The number of benzene rings is 1. The maximum absolute atomic E-state index is 10.7. The summed E-state index contributed by atoms with van der Waals surface area (Å²) in [7, 11) is 0. The Labute approximate surface area is 87.3 Å². The van der Waals surface area contributed by atoms with Gasteiger partial charge in [-0.1, -0.05) is 24.3 Å². The first-order valence-corrected chi connectivity index (χ1v) is 4.58. The first-order valence-electron chi connectivity index (χ1n) is 4.58. The Balaban J connectivity index is 2.55. The van der Waals surface area contributed by atoms with Crippen LogP contribution in [0.15, 0.2) is 35.8 Å². The number of carbonyl (C=O) groups excluding carboxylic acids is 1. The van der Waals surface area contributed by atoms with Gasteiger partial charge in [-0.05, 0) is 23.3 Å². The zero-order chi connectivity index (χ0) is 10.7. The van der Waals surface area contributed by atoms with Crippen molar-refractivity contribution in [2.45, 2.75) is 0 Å². The summed E-state index contributed by atoms with van der Waals surface area (Å²) in [5.74, 6) is 0.582. The number of hydrogen-bond donors (Lipinski definition) is 1. The van der Waals surface area contributed by atoms with Gasteiger partial charge in [0, 0.05) is 0 Å². The number of hydrogen-bond acceptors (Lipinski definition) is 3. The fraction of sp³-hybridized carbons (Fsp3) is 0.0833. The molecule has 2 rings (SSSR count). The van der Waals surface area contributed by atoms with Gasteiger partial charge in [-0.3, -0.25) is 4.79 Å². The number of rotatable bonds is 2. The highest BCUT2D eigenvalue weighted by Gasteiger charge is 2.09. The molecule has 0 spiro atoms. The van der Waals surface area contributed by atoms with Crippen molar-refractivity contribution in [1.29, 1.82) is 0 Å². The number of fused-ring (bicyclic) bond motifs is 1. The summed E-state index contributed by atoms with van der Waals surface area (Å²) in [6.45, 7) is -0.223. The molecule has 0 saturated heterocycles. The van der Waals surface area contributed by atoms with E-state index in [1.807, 2.05) is 24.3 Å². The van der Waals surface area contributed by atoms with Crippen LogP contribution in [0.5, 0.6) is 0 Å². The van der Waals surface area contributed by atoms with Gasteiger partial charge in [-0.2, -0.15) is 0 Å². The second-order valence-electron chi connectivity index (χ2n) is 3.16. The van der Waals surface area contributed by atoms with Gasteiger partial charge in [-0.15, -0.1) is 0 Å². The van der Waals surface area contributed by atoms with Crippen LogP contribution in [0.4, 0.5) is 0 Å². The molecule has 76 valence electrons.